The molecule has 1 saturated carbocycles. The number of alkyl halides is 1. The van der Waals surface area contributed by atoms with Crippen LogP contribution in [0.25, 0.3) is 0 Å². The van der Waals surface area contributed by atoms with E-state index in [2.05, 4.69) is 29.5 Å². The Hall–Kier alpha value is 0.690. The molecule has 1 rings (SSSR count). The van der Waals surface area contributed by atoms with Gasteiger partial charge in [-0.1, -0.05) is 61.6 Å². The highest BCUT2D eigenvalue weighted by atomic mass is 127. The molecule has 0 bridgehead atoms. The Bertz CT molecular complexity index is 138. The second kappa shape index (κ2) is 7.91. The Kier molecular flexibility index (Phi) is 7.21. The first kappa shape index (κ1) is 12.8. The lowest BCUT2D eigenvalue weighted by Crippen LogP contribution is -2.28. The Labute approximate surface area is 102 Å². The summed E-state index contributed by atoms with van der Waals surface area (Å²) in [5.74, 6) is 0. The van der Waals surface area contributed by atoms with Gasteiger partial charge in [0.05, 0.1) is 6.10 Å². The Morgan fingerprint density at radius 1 is 1.14 bits per heavy atom. The van der Waals surface area contributed by atoms with Crippen LogP contribution in [0.5, 0.6) is 0 Å². The van der Waals surface area contributed by atoms with E-state index in [-0.39, 0.29) is 0 Å². The largest absolute Gasteiger partial charge is 0.377 e. The van der Waals surface area contributed by atoms with Gasteiger partial charge in [-0.3, -0.25) is 0 Å². The average Bonchev–Trinajstić information content (AvgIpc) is 2.20. The molecule has 0 radical (unpaired) electrons. The zero-order chi connectivity index (χ0) is 10.2. The molecule has 2 heteroatoms. The summed E-state index contributed by atoms with van der Waals surface area (Å²) in [7, 11) is 0. The Balaban J connectivity index is 1.99. The monoisotopic (exact) mass is 310 g/mol. The molecule has 0 aliphatic heterocycles. The van der Waals surface area contributed by atoms with Crippen molar-refractivity contribution < 1.29 is 4.74 Å². The molecule has 1 fully saturated rings. The first-order chi connectivity index (χ1) is 6.84. The quantitative estimate of drug-likeness (QED) is 0.403. The molecular formula is C12H23IO. The summed E-state index contributed by atoms with van der Waals surface area (Å²) in [5.41, 5.74) is 0. The average molecular weight is 310 g/mol. The van der Waals surface area contributed by atoms with Crippen LogP contribution in [0.4, 0.5) is 0 Å². The van der Waals surface area contributed by atoms with Crippen molar-refractivity contribution in [1.29, 1.82) is 0 Å². The van der Waals surface area contributed by atoms with Crippen LogP contribution < -0.4 is 0 Å². The van der Waals surface area contributed by atoms with Gasteiger partial charge in [-0.05, 0) is 19.3 Å². The van der Waals surface area contributed by atoms with Gasteiger partial charge in [0, 0.05) is 10.5 Å². The minimum absolute atomic E-state index is 0.561. The summed E-state index contributed by atoms with van der Waals surface area (Å²) in [5, 5.41) is 0. The van der Waals surface area contributed by atoms with Gasteiger partial charge in [0.1, 0.15) is 0 Å². The molecule has 0 saturated heterocycles. The zero-order valence-electron chi connectivity index (χ0n) is 9.30. The fraction of sp³-hybridized carbons (Fsp3) is 1.00. The summed E-state index contributed by atoms with van der Waals surface area (Å²) in [4.78, 5) is 0. The molecule has 0 aromatic rings. The molecule has 0 aromatic carbocycles. The molecule has 84 valence electrons. The molecule has 2 atom stereocenters. The highest BCUT2D eigenvalue weighted by molar-refractivity contribution is 14.1. The number of unbranched alkanes of at least 4 members (excludes halogenated alkanes) is 3. The molecule has 1 aliphatic carbocycles. The van der Waals surface area contributed by atoms with Crippen molar-refractivity contribution in [3.63, 3.8) is 0 Å². The zero-order valence-corrected chi connectivity index (χ0v) is 11.5. The van der Waals surface area contributed by atoms with Gasteiger partial charge in [0.15, 0.2) is 0 Å². The van der Waals surface area contributed by atoms with Crippen molar-refractivity contribution in [2.24, 2.45) is 0 Å². The third-order valence-corrected chi connectivity index (χ3v) is 4.38. The number of hydrogen-bond donors (Lipinski definition) is 0. The van der Waals surface area contributed by atoms with E-state index >= 15 is 0 Å². The van der Waals surface area contributed by atoms with Gasteiger partial charge in [-0.25, -0.2) is 0 Å². The van der Waals surface area contributed by atoms with Crippen LogP contribution in [-0.4, -0.2) is 16.6 Å². The molecular weight excluding hydrogens is 287 g/mol. The van der Waals surface area contributed by atoms with Gasteiger partial charge >= 0.3 is 0 Å². The topological polar surface area (TPSA) is 9.23 Å². The fourth-order valence-electron chi connectivity index (χ4n) is 2.00. The predicted molar refractivity (Wildman–Crippen MR) is 70.2 cm³/mol. The summed E-state index contributed by atoms with van der Waals surface area (Å²) >= 11 is 2.56. The summed E-state index contributed by atoms with van der Waals surface area (Å²) in [6, 6.07) is 0. The summed E-state index contributed by atoms with van der Waals surface area (Å²) < 4.78 is 6.71. The van der Waals surface area contributed by atoms with Crippen molar-refractivity contribution in [3.05, 3.63) is 0 Å². The normalized spacial score (nSPS) is 27.9. The van der Waals surface area contributed by atoms with Crippen molar-refractivity contribution in [3.8, 4) is 0 Å². The van der Waals surface area contributed by atoms with E-state index in [1.807, 2.05) is 0 Å². The summed E-state index contributed by atoms with van der Waals surface area (Å²) in [6.07, 6.45) is 11.3. The Morgan fingerprint density at radius 3 is 2.64 bits per heavy atom. The number of ether oxygens (including phenoxy) is 1. The maximum Gasteiger partial charge on any atom is 0.0692 e. The predicted octanol–water partition coefficient (Wildman–Crippen LogP) is 4.33. The summed E-state index contributed by atoms with van der Waals surface area (Å²) in [6.45, 7) is 3.24. The SMILES string of the molecule is CCCCCCO[C@H]1CCCC[C@@H]1I. The first-order valence-electron chi connectivity index (χ1n) is 6.10. The van der Waals surface area contributed by atoms with Crippen LogP contribution in [0.3, 0.4) is 0 Å². The van der Waals surface area contributed by atoms with Crippen LogP contribution in [0, 0.1) is 0 Å². The highest BCUT2D eigenvalue weighted by Gasteiger charge is 2.22. The smallest absolute Gasteiger partial charge is 0.0692 e. The van der Waals surface area contributed by atoms with Crippen molar-refractivity contribution in [2.45, 2.75) is 68.3 Å². The maximum absolute atomic E-state index is 5.93. The Morgan fingerprint density at radius 2 is 1.93 bits per heavy atom. The molecule has 0 unspecified atom stereocenters. The van der Waals surface area contributed by atoms with E-state index in [9.17, 15) is 0 Å². The minimum Gasteiger partial charge on any atom is -0.377 e. The van der Waals surface area contributed by atoms with Gasteiger partial charge in [-0.2, -0.15) is 0 Å². The van der Waals surface area contributed by atoms with Gasteiger partial charge in [0.25, 0.3) is 0 Å². The number of hydrogen-bond acceptors (Lipinski definition) is 1. The lowest BCUT2D eigenvalue weighted by Gasteiger charge is -2.27. The van der Waals surface area contributed by atoms with Crippen LogP contribution >= 0.6 is 22.6 Å². The van der Waals surface area contributed by atoms with E-state index in [1.54, 1.807) is 0 Å². The molecule has 0 N–H and O–H groups in total. The van der Waals surface area contributed by atoms with Crippen LogP contribution in [-0.2, 0) is 4.74 Å². The second-order valence-electron chi connectivity index (χ2n) is 4.27. The third kappa shape index (κ3) is 4.96. The standard InChI is InChI=1S/C12H23IO/c1-2-3-4-7-10-14-12-9-6-5-8-11(12)13/h11-12H,2-10H2,1H3/t11-,12-/m0/s1. The molecule has 1 nitrogen and oxygen atoms in total. The molecule has 14 heavy (non-hydrogen) atoms. The molecule has 1 aliphatic rings. The number of halogens is 1. The van der Waals surface area contributed by atoms with Gasteiger partial charge in [-0.15, -0.1) is 0 Å². The molecule has 0 heterocycles. The van der Waals surface area contributed by atoms with Crippen LogP contribution in [0.1, 0.15) is 58.3 Å². The van der Waals surface area contributed by atoms with E-state index in [0.717, 1.165) is 10.5 Å². The van der Waals surface area contributed by atoms with Crippen molar-refractivity contribution >= 4 is 22.6 Å². The molecule has 0 spiro atoms. The second-order valence-corrected chi connectivity index (χ2v) is 5.87. The molecule has 0 aromatic heterocycles. The van der Waals surface area contributed by atoms with E-state index in [0.29, 0.717) is 6.10 Å². The highest BCUT2D eigenvalue weighted by Crippen LogP contribution is 2.27. The molecule has 0 amide bonds. The van der Waals surface area contributed by atoms with Gasteiger partial charge in [0.2, 0.25) is 0 Å². The van der Waals surface area contributed by atoms with E-state index in [4.69, 9.17) is 4.74 Å². The van der Waals surface area contributed by atoms with Crippen molar-refractivity contribution in [2.75, 3.05) is 6.61 Å². The fourth-order valence-corrected chi connectivity index (χ4v) is 3.01. The maximum atomic E-state index is 5.93. The van der Waals surface area contributed by atoms with Crippen molar-refractivity contribution in [1.82, 2.24) is 0 Å². The van der Waals surface area contributed by atoms with Gasteiger partial charge < -0.3 is 4.74 Å². The van der Waals surface area contributed by atoms with E-state index < -0.39 is 0 Å². The minimum atomic E-state index is 0.561. The first-order valence-corrected chi connectivity index (χ1v) is 7.35. The van der Waals surface area contributed by atoms with Crippen LogP contribution in [0.15, 0.2) is 0 Å². The lowest BCUT2D eigenvalue weighted by atomic mass is 9.98. The number of rotatable bonds is 6. The lowest BCUT2D eigenvalue weighted by molar-refractivity contribution is 0.0341. The van der Waals surface area contributed by atoms with E-state index in [1.165, 1.54) is 51.4 Å². The van der Waals surface area contributed by atoms with Crippen LogP contribution in [0.2, 0.25) is 0 Å². The third-order valence-electron chi connectivity index (χ3n) is 2.95.